The standard InChI is InChI=1S/C17H16FN3O4S/c18-13-4-2-5-14(10-13)20-17(23)12-3-1-6-15(9-12)26(24,25)21-8-7-19-16(22)11-21/h1-6,9-10H,7-8,11H2,(H,19,22)(H,20,23). The summed E-state index contributed by atoms with van der Waals surface area (Å²) in [6.45, 7) is 0.133. The van der Waals surface area contributed by atoms with Crippen LogP contribution in [-0.2, 0) is 14.8 Å². The molecule has 1 aliphatic rings. The summed E-state index contributed by atoms with van der Waals surface area (Å²) in [6, 6.07) is 10.9. The van der Waals surface area contributed by atoms with Gasteiger partial charge in [0, 0.05) is 24.3 Å². The number of piperazine rings is 1. The first-order valence-corrected chi connectivity index (χ1v) is 9.24. The molecule has 7 nitrogen and oxygen atoms in total. The molecule has 2 aromatic rings. The van der Waals surface area contributed by atoms with Crippen LogP contribution in [0.25, 0.3) is 0 Å². The van der Waals surface area contributed by atoms with Crippen molar-refractivity contribution in [1.29, 1.82) is 0 Å². The fourth-order valence-electron chi connectivity index (χ4n) is 2.54. The number of halogens is 1. The van der Waals surface area contributed by atoms with Crippen molar-refractivity contribution in [2.24, 2.45) is 0 Å². The molecule has 0 atom stereocenters. The number of nitrogens with one attached hydrogen (secondary N) is 2. The van der Waals surface area contributed by atoms with Gasteiger partial charge in [-0.3, -0.25) is 9.59 Å². The maximum absolute atomic E-state index is 13.2. The van der Waals surface area contributed by atoms with Crippen LogP contribution in [0.1, 0.15) is 10.4 Å². The summed E-state index contributed by atoms with van der Waals surface area (Å²) in [6.07, 6.45) is 0. The molecule has 1 aliphatic heterocycles. The zero-order valence-electron chi connectivity index (χ0n) is 13.6. The van der Waals surface area contributed by atoms with Crippen LogP contribution in [0, 0.1) is 5.82 Å². The number of sulfonamides is 1. The Kier molecular flexibility index (Phi) is 5.01. The van der Waals surface area contributed by atoms with Crippen LogP contribution in [0.5, 0.6) is 0 Å². The normalized spacial score (nSPS) is 15.3. The van der Waals surface area contributed by atoms with Crippen molar-refractivity contribution in [3.05, 3.63) is 59.9 Å². The molecule has 136 valence electrons. The van der Waals surface area contributed by atoms with E-state index >= 15 is 0 Å². The fourth-order valence-corrected chi connectivity index (χ4v) is 3.98. The molecule has 0 spiro atoms. The van der Waals surface area contributed by atoms with Gasteiger partial charge in [0.15, 0.2) is 0 Å². The second-order valence-electron chi connectivity index (χ2n) is 5.68. The van der Waals surface area contributed by atoms with E-state index in [4.69, 9.17) is 0 Å². The van der Waals surface area contributed by atoms with Crippen LogP contribution in [-0.4, -0.2) is 44.2 Å². The smallest absolute Gasteiger partial charge is 0.255 e. The predicted molar refractivity (Wildman–Crippen MR) is 92.6 cm³/mol. The number of rotatable bonds is 4. The Morgan fingerprint density at radius 2 is 1.92 bits per heavy atom. The number of carbonyl (C=O) groups is 2. The molecule has 0 radical (unpaired) electrons. The van der Waals surface area contributed by atoms with Gasteiger partial charge in [-0.2, -0.15) is 4.31 Å². The van der Waals surface area contributed by atoms with E-state index in [2.05, 4.69) is 10.6 Å². The van der Waals surface area contributed by atoms with E-state index in [9.17, 15) is 22.4 Å². The molecule has 0 bridgehead atoms. The highest BCUT2D eigenvalue weighted by Gasteiger charge is 2.29. The van der Waals surface area contributed by atoms with Crippen molar-refractivity contribution in [2.75, 3.05) is 25.0 Å². The van der Waals surface area contributed by atoms with Gasteiger partial charge >= 0.3 is 0 Å². The Hall–Kier alpha value is -2.78. The number of carbonyl (C=O) groups excluding carboxylic acids is 2. The molecule has 2 aromatic carbocycles. The first kappa shape index (κ1) is 18.0. The molecule has 0 aliphatic carbocycles. The summed E-state index contributed by atoms with van der Waals surface area (Å²) in [4.78, 5) is 23.7. The molecule has 1 heterocycles. The lowest BCUT2D eigenvalue weighted by atomic mass is 10.2. The second kappa shape index (κ2) is 7.22. The van der Waals surface area contributed by atoms with Gasteiger partial charge in [-0.1, -0.05) is 12.1 Å². The molecule has 26 heavy (non-hydrogen) atoms. The lowest BCUT2D eigenvalue weighted by Crippen LogP contribution is -2.49. The second-order valence-corrected chi connectivity index (χ2v) is 7.62. The summed E-state index contributed by atoms with van der Waals surface area (Å²) in [7, 11) is -3.90. The van der Waals surface area contributed by atoms with Crippen molar-refractivity contribution >= 4 is 27.5 Å². The maximum atomic E-state index is 13.2. The van der Waals surface area contributed by atoms with Gasteiger partial charge < -0.3 is 10.6 Å². The van der Waals surface area contributed by atoms with Crippen LogP contribution in [0.3, 0.4) is 0 Å². The Labute approximate surface area is 149 Å². The molecule has 2 amide bonds. The summed E-state index contributed by atoms with van der Waals surface area (Å²) < 4.78 is 39.6. The molecule has 1 fully saturated rings. The molecule has 1 saturated heterocycles. The van der Waals surface area contributed by atoms with E-state index in [1.807, 2.05) is 0 Å². The Balaban J connectivity index is 1.83. The molecule has 2 N–H and O–H groups in total. The average Bonchev–Trinajstić information content (AvgIpc) is 2.62. The molecule has 0 saturated carbocycles. The molecular weight excluding hydrogens is 361 g/mol. The SMILES string of the molecule is O=C1CN(S(=O)(=O)c2cccc(C(=O)Nc3cccc(F)c3)c2)CCN1. The number of amides is 2. The number of anilines is 1. The third kappa shape index (κ3) is 3.89. The highest BCUT2D eigenvalue weighted by Crippen LogP contribution is 2.19. The van der Waals surface area contributed by atoms with Gasteiger partial charge in [-0.15, -0.1) is 0 Å². The van der Waals surface area contributed by atoms with Crippen LogP contribution in [0.15, 0.2) is 53.4 Å². The zero-order chi connectivity index (χ0) is 18.7. The van der Waals surface area contributed by atoms with Crippen LogP contribution >= 0.6 is 0 Å². The maximum Gasteiger partial charge on any atom is 0.255 e. The quantitative estimate of drug-likeness (QED) is 0.837. The van der Waals surface area contributed by atoms with Crippen molar-refractivity contribution in [1.82, 2.24) is 9.62 Å². The number of benzene rings is 2. The summed E-state index contributed by atoms with van der Waals surface area (Å²) in [5, 5.41) is 5.07. The molecule has 9 heteroatoms. The minimum absolute atomic E-state index is 0.0842. The van der Waals surface area contributed by atoms with Gasteiger partial charge in [0.25, 0.3) is 5.91 Å². The van der Waals surface area contributed by atoms with Crippen LogP contribution in [0.4, 0.5) is 10.1 Å². The fraction of sp³-hybridized carbons (Fsp3) is 0.176. The van der Waals surface area contributed by atoms with Gasteiger partial charge in [0.1, 0.15) is 5.82 Å². The highest BCUT2D eigenvalue weighted by atomic mass is 32.2. The van der Waals surface area contributed by atoms with Crippen molar-refractivity contribution in [3.63, 3.8) is 0 Å². The van der Waals surface area contributed by atoms with E-state index in [0.29, 0.717) is 0 Å². The average molecular weight is 377 g/mol. The summed E-state index contributed by atoms with van der Waals surface area (Å²) >= 11 is 0. The topological polar surface area (TPSA) is 95.6 Å². The minimum atomic E-state index is -3.90. The van der Waals surface area contributed by atoms with Crippen molar-refractivity contribution in [3.8, 4) is 0 Å². The molecule has 0 unspecified atom stereocenters. The Morgan fingerprint density at radius 1 is 1.15 bits per heavy atom. The van der Waals surface area contributed by atoms with Gasteiger partial charge in [-0.25, -0.2) is 12.8 Å². The third-order valence-electron chi connectivity index (χ3n) is 3.82. The highest BCUT2D eigenvalue weighted by molar-refractivity contribution is 7.89. The third-order valence-corrected chi connectivity index (χ3v) is 5.66. The van der Waals surface area contributed by atoms with Crippen molar-refractivity contribution < 1.29 is 22.4 Å². The van der Waals surface area contributed by atoms with Gasteiger partial charge in [0.2, 0.25) is 15.9 Å². The monoisotopic (exact) mass is 377 g/mol. The number of nitrogens with zero attached hydrogens (tertiary/aromatic N) is 1. The van der Waals surface area contributed by atoms with E-state index in [0.717, 1.165) is 10.4 Å². The van der Waals surface area contributed by atoms with Crippen LogP contribution < -0.4 is 10.6 Å². The summed E-state index contributed by atoms with van der Waals surface area (Å²) in [5.74, 6) is -1.44. The predicted octanol–water partition coefficient (Wildman–Crippen LogP) is 1.20. The van der Waals surface area contributed by atoms with E-state index in [1.54, 1.807) is 0 Å². The van der Waals surface area contributed by atoms with Gasteiger partial charge in [-0.05, 0) is 36.4 Å². The summed E-state index contributed by atoms with van der Waals surface area (Å²) in [5.41, 5.74) is 0.368. The van der Waals surface area contributed by atoms with E-state index in [-0.39, 0.29) is 41.7 Å². The zero-order valence-corrected chi connectivity index (χ0v) is 14.4. The van der Waals surface area contributed by atoms with Crippen molar-refractivity contribution in [2.45, 2.75) is 4.90 Å². The van der Waals surface area contributed by atoms with Gasteiger partial charge in [0.05, 0.1) is 11.4 Å². The molecule has 0 aromatic heterocycles. The van der Waals surface area contributed by atoms with E-state index in [1.165, 1.54) is 42.5 Å². The lowest BCUT2D eigenvalue weighted by molar-refractivity contribution is -0.122. The lowest BCUT2D eigenvalue weighted by Gasteiger charge is -2.26. The number of hydrogen-bond donors (Lipinski definition) is 2. The first-order valence-electron chi connectivity index (χ1n) is 7.80. The molecular formula is C17H16FN3O4S. The first-order chi connectivity index (χ1) is 12.4. The minimum Gasteiger partial charge on any atom is -0.354 e. The largest absolute Gasteiger partial charge is 0.354 e. The molecule has 3 rings (SSSR count). The van der Waals surface area contributed by atoms with Crippen LogP contribution in [0.2, 0.25) is 0 Å². The Morgan fingerprint density at radius 3 is 2.65 bits per heavy atom. The Bertz CT molecular complexity index is 962. The van der Waals surface area contributed by atoms with E-state index < -0.39 is 21.7 Å². The number of hydrogen-bond acceptors (Lipinski definition) is 4.